The van der Waals surface area contributed by atoms with Gasteiger partial charge in [0.15, 0.2) is 0 Å². The number of nitrogens with two attached hydrogens (primary N) is 1. The van der Waals surface area contributed by atoms with E-state index in [4.69, 9.17) is 15.2 Å². The second kappa shape index (κ2) is 7.48. The number of nitrogens with zero attached hydrogens (tertiary/aromatic N) is 1. The summed E-state index contributed by atoms with van der Waals surface area (Å²) in [5, 5.41) is 0. The second-order valence-electron chi connectivity index (χ2n) is 4.88. The fourth-order valence-corrected chi connectivity index (χ4v) is 2.32. The smallest absolute Gasteiger partial charge is 0.119 e. The van der Waals surface area contributed by atoms with Crippen molar-refractivity contribution >= 4 is 0 Å². The predicted octanol–water partition coefficient (Wildman–Crippen LogP) is 1.29. The van der Waals surface area contributed by atoms with Crippen LogP contribution in [0.1, 0.15) is 12.5 Å². The van der Waals surface area contributed by atoms with Crippen LogP contribution in [0.5, 0.6) is 5.75 Å². The van der Waals surface area contributed by atoms with Gasteiger partial charge < -0.3 is 15.2 Å². The molecule has 1 heterocycles. The third-order valence-corrected chi connectivity index (χ3v) is 3.44. The van der Waals surface area contributed by atoms with Gasteiger partial charge >= 0.3 is 0 Å². The van der Waals surface area contributed by atoms with Gasteiger partial charge in [-0.25, -0.2) is 0 Å². The van der Waals surface area contributed by atoms with Crippen LogP contribution in [0.4, 0.5) is 0 Å². The maximum Gasteiger partial charge on any atom is 0.119 e. The standard InChI is InChI=1S/C15H24N2O2/c1-2-17-8-9-18-15(11-17)12-19-14-5-3-4-13(10-14)6-7-16/h3-5,10,15H,2,6-9,11-12,16H2,1H3. The molecule has 106 valence electrons. The predicted molar refractivity (Wildman–Crippen MR) is 76.5 cm³/mol. The molecular weight excluding hydrogens is 240 g/mol. The van der Waals surface area contributed by atoms with E-state index in [1.807, 2.05) is 12.1 Å². The van der Waals surface area contributed by atoms with Gasteiger partial charge in [0.25, 0.3) is 0 Å². The summed E-state index contributed by atoms with van der Waals surface area (Å²) in [6.45, 7) is 7.32. The molecule has 0 saturated carbocycles. The highest BCUT2D eigenvalue weighted by Gasteiger charge is 2.19. The van der Waals surface area contributed by atoms with Gasteiger partial charge in [0.1, 0.15) is 18.5 Å². The second-order valence-corrected chi connectivity index (χ2v) is 4.88. The molecule has 0 aliphatic carbocycles. The molecular formula is C15H24N2O2. The number of hydrogen-bond acceptors (Lipinski definition) is 4. The normalized spacial score (nSPS) is 20.4. The molecule has 1 saturated heterocycles. The Morgan fingerprint density at radius 1 is 1.47 bits per heavy atom. The summed E-state index contributed by atoms with van der Waals surface area (Å²) in [6, 6.07) is 8.14. The quantitative estimate of drug-likeness (QED) is 0.841. The van der Waals surface area contributed by atoms with Crippen LogP contribution in [-0.4, -0.2) is 50.4 Å². The van der Waals surface area contributed by atoms with Crippen molar-refractivity contribution in [3.63, 3.8) is 0 Å². The van der Waals surface area contributed by atoms with Crippen molar-refractivity contribution in [3.8, 4) is 5.75 Å². The monoisotopic (exact) mass is 264 g/mol. The van der Waals surface area contributed by atoms with E-state index in [9.17, 15) is 0 Å². The molecule has 0 aromatic heterocycles. The van der Waals surface area contributed by atoms with E-state index in [2.05, 4.69) is 24.0 Å². The molecule has 1 unspecified atom stereocenters. The fourth-order valence-electron chi connectivity index (χ4n) is 2.32. The van der Waals surface area contributed by atoms with Gasteiger partial charge in [-0.05, 0) is 37.2 Å². The highest BCUT2D eigenvalue weighted by atomic mass is 16.5. The Morgan fingerprint density at radius 3 is 3.16 bits per heavy atom. The van der Waals surface area contributed by atoms with Gasteiger partial charge in [0.2, 0.25) is 0 Å². The van der Waals surface area contributed by atoms with Crippen LogP contribution in [-0.2, 0) is 11.2 Å². The average Bonchev–Trinajstić information content (AvgIpc) is 2.46. The minimum atomic E-state index is 0.173. The fraction of sp³-hybridized carbons (Fsp3) is 0.600. The first-order chi connectivity index (χ1) is 9.31. The molecule has 0 bridgehead atoms. The van der Waals surface area contributed by atoms with Crippen LogP contribution in [0.15, 0.2) is 24.3 Å². The lowest BCUT2D eigenvalue weighted by atomic mass is 10.1. The zero-order chi connectivity index (χ0) is 13.5. The number of rotatable bonds is 6. The molecule has 0 spiro atoms. The molecule has 1 aromatic rings. The van der Waals surface area contributed by atoms with Crippen LogP contribution in [0.25, 0.3) is 0 Å². The van der Waals surface area contributed by atoms with Crippen LogP contribution >= 0.6 is 0 Å². The number of likely N-dealkylation sites (N-methyl/N-ethyl adjacent to an activating group) is 1. The van der Waals surface area contributed by atoms with E-state index in [1.165, 1.54) is 5.56 Å². The van der Waals surface area contributed by atoms with Crippen LogP contribution < -0.4 is 10.5 Å². The maximum absolute atomic E-state index is 5.83. The Hall–Kier alpha value is -1.10. The van der Waals surface area contributed by atoms with Gasteiger partial charge in [-0.15, -0.1) is 0 Å². The molecule has 1 aliphatic rings. The van der Waals surface area contributed by atoms with Gasteiger partial charge in [-0.1, -0.05) is 19.1 Å². The van der Waals surface area contributed by atoms with Crippen molar-refractivity contribution in [2.24, 2.45) is 5.73 Å². The largest absolute Gasteiger partial charge is 0.491 e. The molecule has 4 heteroatoms. The molecule has 1 fully saturated rings. The third kappa shape index (κ3) is 4.49. The number of benzene rings is 1. The Morgan fingerprint density at radius 2 is 2.37 bits per heavy atom. The molecule has 1 aromatic carbocycles. The Labute approximate surface area is 115 Å². The summed E-state index contributed by atoms with van der Waals surface area (Å²) in [5.41, 5.74) is 6.79. The summed E-state index contributed by atoms with van der Waals surface area (Å²) in [6.07, 6.45) is 1.06. The minimum Gasteiger partial charge on any atom is -0.491 e. The molecule has 1 atom stereocenters. The van der Waals surface area contributed by atoms with Crippen molar-refractivity contribution in [1.29, 1.82) is 0 Å². The Kier molecular flexibility index (Phi) is 5.63. The number of ether oxygens (including phenoxy) is 2. The molecule has 0 amide bonds. The van der Waals surface area contributed by atoms with E-state index >= 15 is 0 Å². The van der Waals surface area contributed by atoms with E-state index < -0.39 is 0 Å². The van der Waals surface area contributed by atoms with Crippen molar-refractivity contribution in [2.45, 2.75) is 19.4 Å². The minimum absolute atomic E-state index is 0.173. The third-order valence-electron chi connectivity index (χ3n) is 3.44. The van der Waals surface area contributed by atoms with Crippen LogP contribution in [0.3, 0.4) is 0 Å². The number of hydrogen-bond donors (Lipinski definition) is 1. The van der Waals surface area contributed by atoms with Crippen molar-refractivity contribution in [2.75, 3.05) is 39.4 Å². The Balaban J connectivity index is 1.82. The lowest BCUT2D eigenvalue weighted by molar-refractivity contribution is -0.0464. The van der Waals surface area contributed by atoms with E-state index in [0.29, 0.717) is 13.2 Å². The zero-order valence-electron chi connectivity index (χ0n) is 11.7. The first-order valence-electron chi connectivity index (χ1n) is 7.07. The highest BCUT2D eigenvalue weighted by Crippen LogP contribution is 2.15. The molecule has 0 radical (unpaired) electrons. The SMILES string of the molecule is CCN1CCOC(COc2cccc(CCN)c2)C1. The van der Waals surface area contributed by atoms with Crippen molar-refractivity contribution < 1.29 is 9.47 Å². The summed E-state index contributed by atoms with van der Waals surface area (Å²) in [4.78, 5) is 2.39. The molecule has 2 N–H and O–H groups in total. The first kappa shape index (κ1) is 14.3. The molecule has 19 heavy (non-hydrogen) atoms. The van der Waals surface area contributed by atoms with E-state index in [1.54, 1.807) is 0 Å². The lowest BCUT2D eigenvalue weighted by Crippen LogP contribution is -2.44. The average molecular weight is 264 g/mol. The summed E-state index contributed by atoms with van der Waals surface area (Å²) in [5.74, 6) is 0.906. The highest BCUT2D eigenvalue weighted by molar-refractivity contribution is 5.28. The first-order valence-corrected chi connectivity index (χ1v) is 7.07. The number of morpholine rings is 1. The summed E-state index contributed by atoms with van der Waals surface area (Å²) in [7, 11) is 0. The maximum atomic E-state index is 5.83. The lowest BCUT2D eigenvalue weighted by Gasteiger charge is -2.31. The summed E-state index contributed by atoms with van der Waals surface area (Å²) < 4.78 is 11.6. The topological polar surface area (TPSA) is 47.7 Å². The van der Waals surface area contributed by atoms with Crippen LogP contribution in [0, 0.1) is 0 Å². The van der Waals surface area contributed by atoms with Crippen molar-refractivity contribution in [3.05, 3.63) is 29.8 Å². The Bertz CT molecular complexity index is 384. The molecule has 2 rings (SSSR count). The van der Waals surface area contributed by atoms with Gasteiger partial charge in [0.05, 0.1) is 6.61 Å². The van der Waals surface area contributed by atoms with Crippen LogP contribution in [0.2, 0.25) is 0 Å². The summed E-state index contributed by atoms with van der Waals surface area (Å²) >= 11 is 0. The van der Waals surface area contributed by atoms with Gasteiger partial charge in [0, 0.05) is 13.1 Å². The van der Waals surface area contributed by atoms with Crippen molar-refractivity contribution in [1.82, 2.24) is 4.90 Å². The zero-order valence-corrected chi connectivity index (χ0v) is 11.7. The molecule has 1 aliphatic heterocycles. The van der Waals surface area contributed by atoms with Gasteiger partial charge in [-0.2, -0.15) is 0 Å². The van der Waals surface area contributed by atoms with E-state index in [-0.39, 0.29) is 6.10 Å². The van der Waals surface area contributed by atoms with E-state index in [0.717, 1.165) is 38.4 Å². The van der Waals surface area contributed by atoms with Gasteiger partial charge in [-0.3, -0.25) is 4.90 Å². The molecule has 4 nitrogen and oxygen atoms in total.